The summed E-state index contributed by atoms with van der Waals surface area (Å²) in [6.07, 6.45) is 15.1. The number of carbonyl (C=O) groups is 2. The van der Waals surface area contributed by atoms with Crippen molar-refractivity contribution in [1.29, 1.82) is 0 Å². The van der Waals surface area contributed by atoms with E-state index in [1.807, 2.05) is 0 Å². The molecule has 1 aromatic carbocycles. The van der Waals surface area contributed by atoms with E-state index in [0.717, 1.165) is 69.8 Å². The average Bonchev–Trinajstić information content (AvgIpc) is 2.98. The van der Waals surface area contributed by atoms with Crippen molar-refractivity contribution in [3.63, 3.8) is 0 Å². The summed E-state index contributed by atoms with van der Waals surface area (Å²) >= 11 is 0. The molecule has 8 unspecified atom stereocenters. The number of carboxylic acids is 1. The number of phenolic OH excluding ortho intramolecular Hbond substituents is 1. The number of hydrogen-bond donors (Lipinski definition) is 2. The number of aliphatic carboxylic acids is 1. The van der Waals surface area contributed by atoms with Crippen molar-refractivity contribution >= 4 is 18.0 Å². The second-order valence-corrected chi connectivity index (χ2v) is 17.7. The van der Waals surface area contributed by atoms with Gasteiger partial charge in [0.05, 0.1) is 12.5 Å². The Kier molecular flexibility index (Phi) is 7.84. The number of rotatable bonds is 5. The van der Waals surface area contributed by atoms with Crippen LogP contribution in [0, 0.1) is 50.2 Å². The third kappa shape index (κ3) is 4.78. The predicted octanol–water partition coefficient (Wildman–Crippen LogP) is 9.21. The molecule has 0 bridgehead atoms. The first-order valence-corrected chi connectivity index (χ1v) is 17.6. The topological polar surface area (TPSA) is 93.1 Å². The van der Waals surface area contributed by atoms with Crippen molar-refractivity contribution in [3.8, 4) is 11.5 Å². The summed E-state index contributed by atoms with van der Waals surface area (Å²) in [7, 11) is 1.50. The van der Waals surface area contributed by atoms with Gasteiger partial charge >= 0.3 is 11.9 Å². The van der Waals surface area contributed by atoms with Crippen molar-refractivity contribution < 1.29 is 29.3 Å². The normalized spacial score (nSPS) is 40.8. The Morgan fingerprint density at radius 3 is 2.33 bits per heavy atom. The van der Waals surface area contributed by atoms with Crippen LogP contribution in [0.4, 0.5) is 0 Å². The van der Waals surface area contributed by atoms with Crippen LogP contribution in [-0.4, -0.2) is 35.4 Å². The highest BCUT2D eigenvalue weighted by Crippen LogP contribution is 2.75. The van der Waals surface area contributed by atoms with Crippen molar-refractivity contribution in [2.45, 2.75) is 119 Å². The summed E-state index contributed by atoms with van der Waals surface area (Å²) in [5, 5.41) is 20.5. The minimum absolute atomic E-state index is 0.00387. The average molecular weight is 633 g/mol. The maximum absolute atomic E-state index is 13.1. The van der Waals surface area contributed by atoms with Crippen LogP contribution in [0.25, 0.3) is 6.08 Å². The lowest BCUT2D eigenvalue weighted by molar-refractivity contribution is -0.212. The Morgan fingerprint density at radius 1 is 0.913 bits per heavy atom. The highest BCUT2D eigenvalue weighted by molar-refractivity contribution is 5.87. The van der Waals surface area contributed by atoms with Gasteiger partial charge in [-0.25, -0.2) is 4.79 Å². The molecule has 1 aromatic rings. The molecule has 6 rings (SSSR count). The lowest BCUT2D eigenvalue weighted by Crippen LogP contribution is -2.65. The van der Waals surface area contributed by atoms with E-state index in [1.54, 1.807) is 24.3 Å². The van der Waals surface area contributed by atoms with Crippen LogP contribution in [0.5, 0.6) is 11.5 Å². The Labute approximate surface area is 276 Å². The van der Waals surface area contributed by atoms with Crippen molar-refractivity contribution in [3.05, 3.63) is 41.5 Å². The fraction of sp³-hybridized carbons (Fsp3) is 0.700. The molecule has 5 aliphatic rings. The monoisotopic (exact) mass is 632 g/mol. The molecule has 0 amide bonds. The lowest BCUT2D eigenvalue weighted by Gasteiger charge is -2.71. The third-order valence-corrected chi connectivity index (χ3v) is 14.9. The number of esters is 1. The molecule has 252 valence electrons. The molecule has 0 spiro atoms. The SMILES string of the molecule is COc1cc(C=CC(=O)OC2CCC3(C)C(CCC4(C)C3CC=C3C5CC(C)(C)CCC5(C(=O)O)CCC34C)C2(C)C)ccc1O. The summed E-state index contributed by atoms with van der Waals surface area (Å²) in [6, 6.07) is 4.99. The van der Waals surface area contributed by atoms with Gasteiger partial charge in [0.2, 0.25) is 0 Å². The maximum atomic E-state index is 13.1. The molecule has 0 aromatic heterocycles. The Balaban J connectivity index is 1.24. The Bertz CT molecular complexity index is 1470. The van der Waals surface area contributed by atoms with Gasteiger partial charge in [0.15, 0.2) is 11.5 Å². The van der Waals surface area contributed by atoms with Crippen LogP contribution in [-0.2, 0) is 14.3 Å². The molecule has 6 nitrogen and oxygen atoms in total. The second-order valence-electron chi connectivity index (χ2n) is 17.7. The van der Waals surface area contributed by atoms with Gasteiger partial charge in [-0.3, -0.25) is 4.79 Å². The van der Waals surface area contributed by atoms with Gasteiger partial charge < -0.3 is 19.7 Å². The van der Waals surface area contributed by atoms with Crippen molar-refractivity contribution in [1.82, 2.24) is 0 Å². The van der Waals surface area contributed by atoms with E-state index in [1.165, 1.54) is 18.8 Å². The quantitative estimate of drug-likeness (QED) is 0.191. The summed E-state index contributed by atoms with van der Waals surface area (Å²) in [6.45, 7) is 16.8. The minimum Gasteiger partial charge on any atom is -0.504 e. The van der Waals surface area contributed by atoms with Gasteiger partial charge in [-0.05, 0) is 127 Å². The number of fused-ring (bicyclic) bond motifs is 7. The number of carboxylic acid groups (broad SMARTS) is 1. The summed E-state index contributed by atoms with van der Waals surface area (Å²) in [5.41, 5.74) is 1.80. The molecule has 6 heteroatoms. The molecular formula is C40H56O6. The van der Waals surface area contributed by atoms with Crippen LogP contribution in [0.15, 0.2) is 35.9 Å². The zero-order valence-electron chi connectivity index (χ0n) is 29.4. The largest absolute Gasteiger partial charge is 0.504 e. The molecule has 4 saturated carbocycles. The van der Waals surface area contributed by atoms with E-state index in [9.17, 15) is 19.8 Å². The Morgan fingerprint density at radius 2 is 1.63 bits per heavy atom. The number of aromatic hydroxyl groups is 1. The Hall–Kier alpha value is -2.76. The molecule has 8 atom stereocenters. The zero-order valence-corrected chi connectivity index (χ0v) is 29.4. The number of phenols is 1. The van der Waals surface area contributed by atoms with Gasteiger partial charge in [-0.15, -0.1) is 0 Å². The molecular weight excluding hydrogens is 576 g/mol. The van der Waals surface area contributed by atoms with Gasteiger partial charge in [0, 0.05) is 11.5 Å². The van der Waals surface area contributed by atoms with E-state index in [-0.39, 0.29) is 50.8 Å². The van der Waals surface area contributed by atoms with E-state index >= 15 is 0 Å². The molecule has 0 radical (unpaired) electrons. The summed E-state index contributed by atoms with van der Waals surface area (Å²) in [4.78, 5) is 26.1. The third-order valence-electron chi connectivity index (χ3n) is 14.9. The second kappa shape index (κ2) is 10.9. The van der Waals surface area contributed by atoms with Gasteiger partial charge in [0.1, 0.15) is 6.10 Å². The number of carbonyl (C=O) groups excluding carboxylic acids is 1. The molecule has 0 saturated heterocycles. The van der Waals surface area contributed by atoms with Gasteiger partial charge in [0.25, 0.3) is 0 Å². The minimum atomic E-state index is -0.613. The molecule has 0 heterocycles. The number of methoxy groups -OCH3 is 1. The van der Waals surface area contributed by atoms with Crippen molar-refractivity contribution in [2.75, 3.05) is 7.11 Å². The van der Waals surface area contributed by atoms with Gasteiger partial charge in [-0.1, -0.05) is 66.2 Å². The standard InChI is InChI=1S/C40H56O6/c1-35(2)19-21-40(34(43)44)22-20-38(6)26(27(40)24-35)11-13-31-37(5)17-16-32(36(3,4)30(37)15-18-39(31,38)7)46-33(42)14-10-25-9-12-28(41)29(23-25)45-8/h9-12,14,23,27,30-32,41H,13,15-22,24H2,1-8H3,(H,43,44). The summed E-state index contributed by atoms with van der Waals surface area (Å²) in [5.74, 6) is 0.552. The maximum Gasteiger partial charge on any atom is 0.331 e. The number of benzene rings is 1. The predicted molar refractivity (Wildman–Crippen MR) is 180 cm³/mol. The smallest absolute Gasteiger partial charge is 0.331 e. The highest BCUT2D eigenvalue weighted by Gasteiger charge is 2.69. The van der Waals surface area contributed by atoms with E-state index in [4.69, 9.17) is 9.47 Å². The number of hydrogen-bond acceptors (Lipinski definition) is 5. The molecule has 5 aliphatic carbocycles. The number of allylic oxidation sites excluding steroid dienone is 2. The van der Waals surface area contributed by atoms with E-state index in [2.05, 4.69) is 54.5 Å². The first-order valence-electron chi connectivity index (χ1n) is 17.6. The van der Waals surface area contributed by atoms with Crippen LogP contribution >= 0.6 is 0 Å². The van der Waals surface area contributed by atoms with Gasteiger partial charge in [-0.2, -0.15) is 0 Å². The highest BCUT2D eigenvalue weighted by atomic mass is 16.5. The van der Waals surface area contributed by atoms with E-state index < -0.39 is 11.4 Å². The summed E-state index contributed by atoms with van der Waals surface area (Å²) < 4.78 is 11.4. The molecule has 4 fully saturated rings. The van der Waals surface area contributed by atoms with Crippen LogP contribution in [0.3, 0.4) is 0 Å². The first-order chi connectivity index (χ1) is 21.4. The fourth-order valence-electron chi connectivity index (χ4n) is 12.0. The van der Waals surface area contributed by atoms with Crippen molar-refractivity contribution in [2.24, 2.45) is 50.2 Å². The lowest BCUT2D eigenvalue weighted by atomic mass is 9.33. The molecule has 46 heavy (non-hydrogen) atoms. The molecule has 2 N–H and O–H groups in total. The van der Waals surface area contributed by atoms with Crippen LogP contribution < -0.4 is 4.74 Å². The van der Waals surface area contributed by atoms with Crippen LogP contribution in [0.1, 0.15) is 118 Å². The molecule has 0 aliphatic heterocycles. The van der Waals surface area contributed by atoms with Crippen LogP contribution in [0.2, 0.25) is 0 Å². The number of ether oxygens (including phenoxy) is 2. The van der Waals surface area contributed by atoms with E-state index in [0.29, 0.717) is 17.6 Å². The zero-order chi connectivity index (χ0) is 33.5. The fourth-order valence-corrected chi connectivity index (χ4v) is 12.0. The first kappa shape index (κ1) is 33.2.